The van der Waals surface area contributed by atoms with Gasteiger partial charge in [0.25, 0.3) is 0 Å². The number of aromatic nitrogens is 2. The van der Waals surface area contributed by atoms with Crippen LogP contribution in [0, 0.1) is 0 Å². The average Bonchev–Trinajstić information content (AvgIpc) is 2.79. The van der Waals surface area contributed by atoms with Gasteiger partial charge in [0, 0.05) is 25.2 Å². The Morgan fingerprint density at radius 3 is 2.00 bits per heavy atom. The molecule has 2 aromatic rings. The van der Waals surface area contributed by atoms with Crippen molar-refractivity contribution >= 4 is 0 Å². The lowest BCUT2D eigenvalue weighted by Gasteiger charge is -2.07. The molecule has 0 radical (unpaired) electrons. The van der Waals surface area contributed by atoms with Crippen molar-refractivity contribution < 1.29 is 9.47 Å². The summed E-state index contributed by atoms with van der Waals surface area (Å²) in [5.41, 5.74) is 2.45. The van der Waals surface area contributed by atoms with E-state index in [0.717, 1.165) is 43.9 Å². The first kappa shape index (κ1) is 24.3. The summed E-state index contributed by atoms with van der Waals surface area (Å²) in [5.74, 6) is 1.45. The van der Waals surface area contributed by atoms with Crippen LogP contribution < -0.4 is 4.74 Å². The van der Waals surface area contributed by atoms with Gasteiger partial charge in [-0.3, -0.25) is 0 Å². The number of benzene rings is 1. The molecule has 0 atom stereocenters. The van der Waals surface area contributed by atoms with Crippen LogP contribution in [0.15, 0.2) is 36.7 Å². The third-order valence-corrected chi connectivity index (χ3v) is 5.25. The molecule has 0 amide bonds. The number of ether oxygens (including phenoxy) is 2. The molecule has 0 aliphatic carbocycles. The van der Waals surface area contributed by atoms with E-state index < -0.39 is 0 Å². The third-order valence-electron chi connectivity index (χ3n) is 5.25. The maximum Gasteiger partial charge on any atom is 0.159 e. The largest absolute Gasteiger partial charge is 0.490 e. The van der Waals surface area contributed by atoms with Crippen LogP contribution in [0.5, 0.6) is 5.75 Å². The minimum atomic E-state index is 0.627. The molecule has 2 rings (SSSR count). The molecule has 0 aliphatic rings. The first-order valence-electron chi connectivity index (χ1n) is 12.0. The molecule has 30 heavy (non-hydrogen) atoms. The first-order chi connectivity index (χ1) is 14.8. The standard InChI is InChI=1S/C26H40N2O2/c1-3-5-7-8-9-10-11-13-23-14-16-24(17-15-23)26-27-21-25(22-28-26)30-20-12-19-29-18-6-4-2/h14-17,21-22H,3-13,18-20H2,1-2H3. The molecule has 1 aromatic heterocycles. The summed E-state index contributed by atoms with van der Waals surface area (Å²) in [6.07, 6.45) is 17.3. The lowest BCUT2D eigenvalue weighted by atomic mass is 10.0. The van der Waals surface area contributed by atoms with E-state index in [9.17, 15) is 0 Å². The van der Waals surface area contributed by atoms with E-state index in [-0.39, 0.29) is 0 Å². The molecule has 0 spiro atoms. The molecule has 1 aromatic carbocycles. The van der Waals surface area contributed by atoms with Crippen LogP contribution in [-0.4, -0.2) is 29.8 Å². The molecule has 0 fully saturated rings. The molecule has 0 saturated carbocycles. The number of hydrogen-bond donors (Lipinski definition) is 0. The fourth-order valence-electron chi connectivity index (χ4n) is 3.35. The second-order valence-electron chi connectivity index (χ2n) is 7.98. The SMILES string of the molecule is CCCCCCCCCc1ccc(-c2ncc(OCCCOCCCC)cn2)cc1. The zero-order chi connectivity index (χ0) is 21.3. The van der Waals surface area contributed by atoms with Crippen LogP contribution in [0.25, 0.3) is 11.4 Å². The summed E-state index contributed by atoms with van der Waals surface area (Å²) in [6, 6.07) is 8.66. The highest BCUT2D eigenvalue weighted by Gasteiger charge is 2.03. The van der Waals surface area contributed by atoms with Gasteiger partial charge in [-0.15, -0.1) is 0 Å². The molecule has 0 bridgehead atoms. The Morgan fingerprint density at radius 2 is 1.30 bits per heavy atom. The molecule has 4 heteroatoms. The van der Waals surface area contributed by atoms with Crippen LogP contribution in [0.3, 0.4) is 0 Å². The zero-order valence-corrected chi connectivity index (χ0v) is 19.1. The normalized spacial score (nSPS) is 11.0. The molecule has 0 N–H and O–H groups in total. The molecule has 0 unspecified atom stereocenters. The van der Waals surface area contributed by atoms with Gasteiger partial charge in [0.2, 0.25) is 0 Å². The lowest BCUT2D eigenvalue weighted by Crippen LogP contribution is -2.04. The van der Waals surface area contributed by atoms with Crippen molar-refractivity contribution in [1.29, 1.82) is 0 Å². The van der Waals surface area contributed by atoms with Crippen molar-refractivity contribution in [2.45, 2.75) is 84.5 Å². The molecule has 4 nitrogen and oxygen atoms in total. The van der Waals surface area contributed by atoms with Crippen molar-refractivity contribution in [2.75, 3.05) is 19.8 Å². The predicted octanol–water partition coefficient (Wildman–Crippen LogP) is 7.02. The van der Waals surface area contributed by atoms with E-state index >= 15 is 0 Å². The van der Waals surface area contributed by atoms with Gasteiger partial charge in [0.05, 0.1) is 19.0 Å². The number of unbranched alkanes of at least 4 members (excludes halogenated alkanes) is 7. The molecule has 1 heterocycles. The van der Waals surface area contributed by atoms with E-state index in [1.54, 1.807) is 12.4 Å². The highest BCUT2D eigenvalue weighted by molar-refractivity contribution is 5.55. The molecule has 166 valence electrons. The Bertz CT molecular complexity index is 596. The number of nitrogens with zero attached hydrogens (tertiary/aromatic N) is 2. The Kier molecular flexibility index (Phi) is 12.8. The van der Waals surface area contributed by atoms with Crippen LogP contribution >= 0.6 is 0 Å². The second-order valence-corrected chi connectivity index (χ2v) is 7.98. The van der Waals surface area contributed by atoms with Crippen molar-refractivity contribution in [3.8, 4) is 17.1 Å². The molecular weight excluding hydrogens is 372 g/mol. The van der Waals surface area contributed by atoms with E-state index in [2.05, 4.69) is 48.1 Å². The van der Waals surface area contributed by atoms with E-state index in [0.29, 0.717) is 12.4 Å². The number of aryl methyl sites for hydroxylation is 1. The highest BCUT2D eigenvalue weighted by Crippen LogP contribution is 2.19. The Balaban J connectivity index is 1.65. The van der Waals surface area contributed by atoms with Crippen molar-refractivity contribution in [2.24, 2.45) is 0 Å². The Morgan fingerprint density at radius 1 is 0.667 bits per heavy atom. The maximum atomic E-state index is 5.70. The summed E-state index contributed by atoms with van der Waals surface area (Å²) in [7, 11) is 0. The van der Waals surface area contributed by atoms with E-state index in [1.165, 1.54) is 56.9 Å². The van der Waals surface area contributed by atoms with Crippen LogP contribution in [0.1, 0.15) is 83.6 Å². The Hall–Kier alpha value is -1.94. The van der Waals surface area contributed by atoms with Crippen molar-refractivity contribution in [3.05, 3.63) is 42.2 Å². The number of rotatable bonds is 17. The van der Waals surface area contributed by atoms with Gasteiger partial charge in [-0.2, -0.15) is 0 Å². The van der Waals surface area contributed by atoms with E-state index in [4.69, 9.17) is 9.47 Å². The maximum absolute atomic E-state index is 5.70. The van der Waals surface area contributed by atoms with Crippen LogP contribution in [-0.2, 0) is 11.2 Å². The summed E-state index contributed by atoms with van der Waals surface area (Å²) in [4.78, 5) is 8.92. The predicted molar refractivity (Wildman–Crippen MR) is 125 cm³/mol. The smallest absolute Gasteiger partial charge is 0.159 e. The number of hydrogen-bond acceptors (Lipinski definition) is 4. The first-order valence-corrected chi connectivity index (χ1v) is 12.0. The fraction of sp³-hybridized carbons (Fsp3) is 0.615. The summed E-state index contributed by atoms with van der Waals surface area (Å²) in [6.45, 7) is 6.64. The van der Waals surface area contributed by atoms with Gasteiger partial charge >= 0.3 is 0 Å². The van der Waals surface area contributed by atoms with Gasteiger partial charge in [0.15, 0.2) is 11.6 Å². The summed E-state index contributed by atoms with van der Waals surface area (Å²) in [5, 5.41) is 0. The highest BCUT2D eigenvalue weighted by atomic mass is 16.5. The van der Waals surface area contributed by atoms with Gasteiger partial charge in [-0.1, -0.05) is 83.1 Å². The van der Waals surface area contributed by atoms with Crippen LogP contribution in [0.4, 0.5) is 0 Å². The Labute approximate surface area is 183 Å². The summed E-state index contributed by atoms with van der Waals surface area (Å²) < 4.78 is 11.2. The quantitative estimate of drug-likeness (QED) is 0.262. The van der Waals surface area contributed by atoms with Crippen molar-refractivity contribution in [1.82, 2.24) is 9.97 Å². The topological polar surface area (TPSA) is 44.2 Å². The van der Waals surface area contributed by atoms with E-state index in [1.807, 2.05) is 0 Å². The molecular formula is C26H40N2O2. The fourth-order valence-corrected chi connectivity index (χ4v) is 3.35. The molecule has 0 aliphatic heterocycles. The van der Waals surface area contributed by atoms with Crippen molar-refractivity contribution in [3.63, 3.8) is 0 Å². The zero-order valence-electron chi connectivity index (χ0n) is 19.1. The minimum Gasteiger partial charge on any atom is -0.490 e. The minimum absolute atomic E-state index is 0.627. The second kappa shape index (κ2) is 15.8. The van der Waals surface area contributed by atoms with Crippen LogP contribution in [0.2, 0.25) is 0 Å². The monoisotopic (exact) mass is 412 g/mol. The van der Waals surface area contributed by atoms with Gasteiger partial charge in [-0.25, -0.2) is 9.97 Å². The van der Waals surface area contributed by atoms with Gasteiger partial charge in [0.1, 0.15) is 0 Å². The average molecular weight is 413 g/mol. The van der Waals surface area contributed by atoms with Gasteiger partial charge in [-0.05, 0) is 24.8 Å². The van der Waals surface area contributed by atoms with Gasteiger partial charge < -0.3 is 9.47 Å². The lowest BCUT2D eigenvalue weighted by molar-refractivity contribution is 0.117. The summed E-state index contributed by atoms with van der Waals surface area (Å²) >= 11 is 0. The third kappa shape index (κ3) is 10.2. The molecule has 0 saturated heterocycles.